The van der Waals surface area contributed by atoms with Crippen molar-refractivity contribution >= 4 is 17.5 Å². The minimum atomic E-state index is -0.167. The second kappa shape index (κ2) is 8.12. The average Bonchev–Trinajstić information content (AvgIpc) is 2.37. The number of hydrogen-bond donors (Lipinski definition) is 1. The quantitative estimate of drug-likeness (QED) is 0.783. The first-order chi connectivity index (χ1) is 9.00. The highest BCUT2D eigenvalue weighted by Gasteiger charge is 2.07. The van der Waals surface area contributed by atoms with Crippen LogP contribution in [0.5, 0.6) is 0 Å². The molecule has 1 rings (SSSR count). The van der Waals surface area contributed by atoms with Crippen LogP contribution in [-0.2, 0) is 0 Å². The predicted octanol–water partition coefficient (Wildman–Crippen LogP) is 2.59. The zero-order valence-corrected chi connectivity index (χ0v) is 12.6. The van der Waals surface area contributed by atoms with Crippen LogP contribution in [0.25, 0.3) is 0 Å². The Balaban J connectivity index is 2.21. The second-order valence-electron chi connectivity index (χ2n) is 4.90. The minimum absolute atomic E-state index is 0.167. The van der Waals surface area contributed by atoms with Gasteiger partial charge in [-0.2, -0.15) is 0 Å². The molecule has 0 aliphatic rings. The van der Waals surface area contributed by atoms with E-state index in [-0.39, 0.29) is 5.91 Å². The molecular formula is C14H22ClN3O. The molecule has 19 heavy (non-hydrogen) atoms. The van der Waals surface area contributed by atoms with Crippen molar-refractivity contribution < 1.29 is 4.79 Å². The first kappa shape index (κ1) is 15.9. The molecule has 0 unspecified atom stereocenters. The first-order valence-corrected chi connectivity index (χ1v) is 6.98. The Morgan fingerprint density at radius 1 is 1.47 bits per heavy atom. The molecule has 0 radical (unpaired) electrons. The lowest BCUT2D eigenvalue weighted by atomic mass is 10.2. The zero-order valence-electron chi connectivity index (χ0n) is 11.8. The number of carbonyl (C=O) groups is 1. The highest BCUT2D eigenvalue weighted by Crippen LogP contribution is 2.07. The molecule has 0 saturated heterocycles. The van der Waals surface area contributed by atoms with Crippen LogP contribution in [0.3, 0.4) is 0 Å². The topological polar surface area (TPSA) is 45.2 Å². The maximum Gasteiger partial charge on any atom is 0.269 e. The number of carbonyl (C=O) groups excluding carboxylic acids is 1. The van der Waals surface area contributed by atoms with Gasteiger partial charge in [0.05, 0.1) is 0 Å². The molecule has 0 aliphatic carbocycles. The minimum Gasteiger partial charge on any atom is -0.351 e. The third kappa shape index (κ3) is 6.03. The van der Waals surface area contributed by atoms with Crippen molar-refractivity contribution in [3.63, 3.8) is 0 Å². The SMILES string of the molecule is CC(C)N(C)CCCCNC(=O)c1cc(Cl)ccn1. The fourth-order valence-corrected chi connectivity index (χ4v) is 1.73. The van der Waals surface area contributed by atoms with Gasteiger partial charge < -0.3 is 10.2 Å². The lowest BCUT2D eigenvalue weighted by Gasteiger charge is -2.20. The number of pyridine rings is 1. The Morgan fingerprint density at radius 3 is 2.84 bits per heavy atom. The molecule has 1 aromatic rings. The van der Waals surface area contributed by atoms with E-state index in [9.17, 15) is 4.79 Å². The van der Waals surface area contributed by atoms with E-state index < -0.39 is 0 Å². The Bertz CT molecular complexity index is 409. The van der Waals surface area contributed by atoms with Gasteiger partial charge in [0.25, 0.3) is 5.91 Å². The van der Waals surface area contributed by atoms with Crippen LogP contribution in [0.2, 0.25) is 5.02 Å². The summed E-state index contributed by atoms with van der Waals surface area (Å²) in [4.78, 5) is 18.0. The van der Waals surface area contributed by atoms with E-state index in [0.29, 0.717) is 23.3 Å². The normalized spacial score (nSPS) is 11.1. The van der Waals surface area contributed by atoms with E-state index in [4.69, 9.17) is 11.6 Å². The van der Waals surface area contributed by atoms with Crippen LogP contribution in [0.1, 0.15) is 37.2 Å². The standard InChI is InChI=1S/C14H22ClN3O/c1-11(2)18(3)9-5-4-7-17-14(19)13-10-12(15)6-8-16-13/h6,8,10-11H,4-5,7,9H2,1-3H3,(H,17,19). The van der Waals surface area contributed by atoms with Crippen LogP contribution in [0.15, 0.2) is 18.3 Å². The number of nitrogens with zero attached hydrogens (tertiary/aromatic N) is 2. The van der Waals surface area contributed by atoms with Gasteiger partial charge in [0.1, 0.15) is 5.69 Å². The van der Waals surface area contributed by atoms with Crippen molar-refractivity contribution in [2.45, 2.75) is 32.7 Å². The third-order valence-corrected chi connectivity index (χ3v) is 3.29. The number of halogens is 1. The number of nitrogens with one attached hydrogen (secondary N) is 1. The molecule has 0 aromatic carbocycles. The van der Waals surface area contributed by atoms with Crippen LogP contribution >= 0.6 is 11.6 Å². The fourth-order valence-electron chi connectivity index (χ4n) is 1.57. The summed E-state index contributed by atoms with van der Waals surface area (Å²) >= 11 is 5.81. The maximum atomic E-state index is 11.8. The number of amides is 1. The predicted molar refractivity (Wildman–Crippen MR) is 78.6 cm³/mol. The van der Waals surface area contributed by atoms with Gasteiger partial charge >= 0.3 is 0 Å². The zero-order chi connectivity index (χ0) is 14.3. The van der Waals surface area contributed by atoms with E-state index in [1.54, 1.807) is 12.1 Å². The molecule has 0 saturated carbocycles. The number of rotatable bonds is 7. The van der Waals surface area contributed by atoms with Gasteiger partial charge in [0.15, 0.2) is 0 Å². The van der Waals surface area contributed by atoms with Gasteiger partial charge in [-0.05, 0) is 52.4 Å². The molecule has 106 valence electrons. The summed E-state index contributed by atoms with van der Waals surface area (Å²) in [6.07, 6.45) is 3.57. The van der Waals surface area contributed by atoms with E-state index in [0.717, 1.165) is 19.4 Å². The van der Waals surface area contributed by atoms with Gasteiger partial charge in [-0.15, -0.1) is 0 Å². The lowest BCUT2D eigenvalue weighted by molar-refractivity contribution is 0.0947. The smallest absolute Gasteiger partial charge is 0.269 e. The van der Waals surface area contributed by atoms with E-state index in [1.165, 1.54) is 6.20 Å². The van der Waals surface area contributed by atoms with Crippen LogP contribution in [0, 0.1) is 0 Å². The molecule has 1 N–H and O–H groups in total. The van der Waals surface area contributed by atoms with Gasteiger partial charge in [0.2, 0.25) is 0 Å². The summed E-state index contributed by atoms with van der Waals surface area (Å²) in [5.74, 6) is -0.167. The molecule has 0 spiro atoms. The molecule has 1 aromatic heterocycles. The fraction of sp³-hybridized carbons (Fsp3) is 0.571. The van der Waals surface area contributed by atoms with Crippen molar-refractivity contribution in [1.29, 1.82) is 0 Å². The van der Waals surface area contributed by atoms with Crippen LogP contribution in [-0.4, -0.2) is 42.0 Å². The molecule has 1 amide bonds. The van der Waals surface area contributed by atoms with Crippen molar-refractivity contribution in [3.05, 3.63) is 29.0 Å². The summed E-state index contributed by atoms with van der Waals surface area (Å²) < 4.78 is 0. The van der Waals surface area contributed by atoms with Gasteiger partial charge in [-0.25, -0.2) is 0 Å². The molecule has 0 atom stereocenters. The molecule has 1 heterocycles. The third-order valence-electron chi connectivity index (χ3n) is 3.06. The van der Waals surface area contributed by atoms with Gasteiger partial charge in [0, 0.05) is 23.8 Å². The Hall–Kier alpha value is -1.13. The highest BCUT2D eigenvalue weighted by molar-refractivity contribution is 6.30. The highest BCUT2D eigenvalue weighted by atomic mass is 35.5. The van der Waals surface area contributed by atoms with Crippen LogP contribution < -0.4 is 5.32 Å². The number of hydrogen-bond acceptors (Lipinski definition) is 3. The average molecular weight is 284 g/mol. The molecule has 0 aliphatic heterocycles. The summed E-state index contributed by atoms with van der Waals surface area (Å²) in [7, 11) is 2.11. The molecule has 4 nitrogen and oxygen atoms in total. The molecular weight excluding hydrogens is 262 g/mol. The Kier molecular flexibility index (Phi) is 6.81. The summed E-state index contributed by atoms with van der Waals surface area (Å²) in [6, 6.07) is 3.79. The monoisotopic (exact) mass is 283 g/mol. The van der Waals surface area contributed by atoms with Crippen molar-refractivity contribution in [2.75, 3.05) is 20.1 Å². The number of aromatic nitrogens is 1. The van der Waals surface area contributed by atoms with Crippen molar-refractivity contribution in [3.8, 4) is 0 Å². The van der Waals surface area contributed by atoms with Crippen molar-refractivity contribution in [1.82, 2.24) is 15.2 Å². The van der Waals surface area contributed by atoms with Crippen LogP contribution in [0.4, 0.5) is 0 Å². The van der Waals surface area contributed by atoms with E-state index in [1.807, 2.05) is 0 Å². The lowest BCUT2D eigenvalue weighted by Crippen LogP contribution is -2.29. The van der Waals surface area contributed by atoms with E-state index in [2.05, 4.69) is 36.1 Å². The number of unbranched alkanes of at least 4 members (excludes halogenated alkanes) is 1. The first-order valence-electron chi connectivity index (χ1n) is 6.60. The summed E-state index contributed by atoms with van der Waals surface area (Å²) in [5, 5.41) is 3.38. The molecule has 5 heteroatoms. The summed E-state index contributed by atoms with van der Waals surface area (Å²) in [5.41, 5.74) is 0.367. The molecule has 0 fully saturated rings. The Labute approximate surface area is 120 Å². The van der Waals surface area contributed by atoms with E-state index >= 15 is 0 Å². The van der Waals surface area contributed by atoms with Crippen molar-refractivity contribution in [2.24, 2.45) is 0 Å². The van der Waals surface area contributed by atoms with Gasteiger partial charge in [-0.1, -0.05) is 11.6 Å². The molecule has 0 bridgehead atoms. The maximum absolute atomic E-state index is 11.8. The largest absolute Gasteiger partial charge is 0.351 e. The second-order valence-corrected chi connectivity index (χ2v) is 5.33. The Morgan fingerprint density at radius 2 is 2.21 bits per heavy atom. The van der Waals surface area contributed by atoms with Gasteiger partial charge in [-0.3, -0.25) is 9.78 Å². The summed E-state index contributed by atoms with van der Waals surface area (Å²) in [6.45, 7) is 6.06.